The van der Waals surface area contributed by atoms with Crippen molar-refractivity contribution in [3.8, 4) is 0 Å². The van der Waals surface area contributed by atoms with Gasteiger partial charge in [0, 0.05) is 17.7 Å². The maximum Gasteiger partial charge on any atom is 0.320 e. The third-order valence-electron chi connectivity index (χ3n) is 2.47. The van der Waals surface area contributed by atoms with Crippen LogP contribution < -0.4 is 5.32 Å². The van der Waals surface area contributed by atoms with Crippen molar-refractivity contribution >= 4 is 11.7 Å². The van der Waals surface area contributed by atoms with Gasteiger partial charge in [0.25, 0.3) is 5.69 Å². The second-order valence-electron chi connectivity index (χ2n) is 3.78. The number of para-hydroxylation sites is 1. The van der Waals surface area contributed by atoms with Gasteiger partial charge in [-0.15, -0.1) is 0 Å². The molecule has 0 aliphatic carbocycles. The molecule has 0 radical (unpaired) electrons. The minimum Gasteiger partial charge on any atom is -0.480 e. The Hall–Kier alpha value is -1.95. The van der Waals surface area contributed by atoms with E-state index in [9.17, 15) is 14.9 Å². The van der Waals surface area contributed by atoms with Crippen molar-refractivity contribution in [1.82, 2.24) is 5.32 Å². The molecule has 0 fully saturated rings. The number of nitro benzene ring substituents is 1. The van der Waals surface area contributed by atoms with Crippen LogP contribution in [-0.4, -0.2) is 22.0 Å². The summed E-state index contributed by atoms with van der Waals surface area (Å²) in [7, 11) is 0. The zero-order valence-corrected chi connectivity index (χ0v) is 9.64. The summed E-state index contributed by atoms with van der Waals surface area (Å²) in [5.74, 6) is -0.986. The van der Waals surface area contributed by atoms with Crippen molar-refractivity contribution in [3.63, 3.8) is 0 Å². The van der Waals surface area contributed by atoms with Gasteiger partial charge in [-0.1, -0.05) is 18.2 Å². The zero-order valence-electron chi connectivity index (χ0n) is 9.64. The second-order valence-corrected chi connectivity index (χ2v) is 3.78. The Labute approximate surface area is 98.4 Å². The largest absolute Gasteiger partial charge is 0.480 e. The fourth-order valence-electron chi connectivity index (χ4n) is 1.47. The Balaban J connectivity index is 2.88. The lowest BCUT2D eigenvalue weighted by Crippen LogP contribution is -2.33. The average Bonchev–Trinajstić information content (AvgIpc) is 2.24. The van der Waals surface area contributed by atoms with Crippen LogP contribution in [0, 0.1) is 17.0 Å². The van der Waals surface area contributed by atoms with E-state index in [1.807, 2.05) is 0 Å². The first-order chi connectivity index (χ1) is 7.93. The Morgan fingerprint density at radius 1 is 1.59 bits per heavy atom. The topological polar surface area (TPSA) is 92.5 Å². The van der Waals surface area contributed by atoms with Crippen LogP contribution in [0.25, 0.3) is 0 Å². The molecule has 6 heteroatoms. The van der Waals surface area contributed by atoms with Crippen molar-refractivity contribution < 1.29 is 14.8 Å². The molecule has 0 amide bonds. The van der Waals surface area contributed by atoms with Crippen molar-refractivity contribution in [1.29, 1.82) is 0 Å². The number of carbonyl (C=O) groups is 1. The standard InChI is InChI=1S/C11H14N2O4/c1-7-4-3-5-9(10(7)13(16)17)6-12-8(2)11(14)15/h3-5,8,12H,6H2,1-2H3,(H,14,15)/t8-/m0/s1. The van der Waals surface area contributed by atoms with Gasteiger partial charge in [0.15, 0.2) is 0 Å². The fourth-order valence-corrected chi connectivity index (χ4v) is 1.47. The molecule has 0 aliphatic rings. The van der Waals surface area contributed by atoms with Crippen LogP contribution in [0.1, 0.15) is 18.1 Å². The highest BCUT2D eigenvalue weighted by atomic mass is 16.6. The number of rotatable bonds is 5. The molecule has 2 N–H and O–H groups in total. The molecule has 0 heterocycles. The SMILES string of the molecule is Cc1cccc(CN[C@@H](C)C(=O)O)c1[N+](=O)[O-]. The van der Waals surface area contributed by atoms with E-state index in [2.05, 4.69) is 5.32 Å². The van der Waals surface area contributed by atoms with Crippen LogP contribution in [0.4, 0.5) is 5.69 Å². The molecule has 17 heavy (non-hydrogen) atoms. The molecule has 0 aromatic heterocycles. The van der Waals surface area contributed by atoms with Gasteiger partial charge >= 0.3 is 5.97 Å². The van der Waals surface area contributed by atoms with E-state index in [1.165, 1.54) is 6.92 Å². The molecule has 0 saturated heterocycles. The van der Waals surface area contributed by atoms with Gasteiger partial charge in [0.1, 0.15) is 6.04 Å². The summed E-state index contributed by atoms with van der Waals surface area (Å²) in [6.07, 6.45) is 0. The van der Waals surface area contributed by atoms with E-state index >= 15 is 0 Å². The normalized spacial score (nSPS) is 12.1. The van der Waals surface area contributed by atoms with Crippen molar-refractivity contribution in [2.75, 3.05) is 0 Å². The molecule has 0 bridgehead atoms. The van der Waals surface area contributed by atoms with Gasteiger partial charge in [-0.05, 0) is 13.8 Å². The van der Waals surface area contributed by atoms with Crippen molar-refractivity contribution in [2.24, 2.45) is 0 Å². The van der Waals surface area contributed by atoms with E-state index < -0.39 is 16.9 Å². The molecule has 1 aromatic rings. The van der Waals surface area contributed by atoms with Crippen LogP contribution in [0.5, 0.6) is 0 Å². The third-order valence-corrected chi connectivity index (χ3v) is 2.47. The molecule has 1 atom stereocenters. The van der Waals surface area contributed by atoms with Gasteiger partial charge in [-0.2, -0.15) is 0 Å². The van der Waals surface area contributed by atoms with E-state index in [4.69, 9.17) is 5.11 Å². The number of hydrogen-bond donors (Lipinski definition) is 2. The predicted molar refractivity (Wildman–Crippen MR) is 61.8 cm³/mol. The number of aliphatic carboxylic acids is 1. The number of carboxylic acid groups (broad SMARTS) is 1. The number of hydrogen-bond acceptors (Lipinski definition) is 4. The average molecular weight is 238 g/mol. The molecule has 0 spiro atoms. The molecule has 0 saturated carbocycles. The molecular weight excluding hydrogens is 224 g/mol. The summed E-state index contributed by atoms with van der Waals surface area (Å²) in [6, 6.07) is 4.25. The lowest BCUT2D eigenvalue weighted by molar-refractivity contribution is -0.386. The van der Waals surface area contributed by atoms with Crippen LogP contribution in [0.2, 0.25) is 0 Å². The monoisotopic (exact) mass is 238 g/mol. The van der Waals surface area contributed by atoms with Gasteiger partial charge in [-0.3, -0.25) is 14.9 Å². The predicted octanol–water partition coefficient (Wildman–Crippen LogP) is 1.47. The molecule has 92 valence electrons. The number of nitrogens with zero attached hydrogens (tertiary/aromatic N) is 1. The second kappa shape index (κ2) is 5.40. The molecule has 6 nitrogen and oxygen atoms in total. The molecule has 1 aromatic carbocycles. The van der Waals surface area contributed by atoms with Crippen LogP contribution >= 0.6 is 0 Å². The summed E-state index contributed by atoms with van der Waals surface area (Å²) in [6.45, 7) is 3.30. The highest BCUT2D eigenvalue weighted by Gasteiger charge is 2.18. The molecule has 0 unspecified atom stereocenters. The maximum absolute atomic E-state index is 10.9. The van der Waals surface area contributed by atoms with E-state index in [-0.39, 0.29) is 12.2 Å². The Bertz CT molecular complexity index is 445. The summed E-state index contributed by atoms with van der Waals surface area (Å²) in [5.41, 5.74) is 1.10. The van der Waals surface area contributed by atoms with Crippen molar-refractivity contribution in [2.45, 2.75) is 26.4 Å². The smallest absolute Gasteiger partial charge is 0.320 e. The summed E-state index contributed by atoms with van der Waals surface area (Å²) in [5, 5.41) is 22.3. The Morgan fingerprint density at radius 3 is 2.76 bits per heavy atom. The van der Waals surface area contributed by atoms with Crippen molar-refractivity contribution in [3.05, 3.63) is 39.4 Å². The number of nitrogens with one attached hydrogen (secondary N) is 1. The first kappa shape index (κ1) is 13.1. The number of benzene rings is 1. The summed E-state index contributed by atoms with van der Waals surface area (Å²) >= 11 is 0. The third kappa shape index (κ3) is 3.25. The van der Waals surface area contributed by atoms with E-state index in [0.29, 0.717) is 11.1 Å². The molecule has 0 aliphatic heterocycles. The lowest BCUT2D eigenvalue weighted by atomic mass is 10.1. The van der Waals surface area contributed by atoms with E-state index in [1.54, 1.807) is 25.1 Å². The van der Waals surface area contributed by atoms with Crippen LogP contribution in [0.3, 0.4) is 0 Å². The first-order valence-electron chi connectivity index (χ1n) is 5.12. The highest BCUT2D eigenvalue weighted by molar-refractivity contribution is 5.72. The van der Waals surface area contributed by atoms with Crippen LogP contribution in [0.15, 0.2) is 18.2 Å². The first-order valence-corrected chi connectivity index (χ1v) is 5.12. The molecular formula is C11H14N2O4. The quantitative estimate of drug-likeness (QED) is 0.598. The number of nitro groups is 1. The lowest BCUT2D eigenvalue weighted by Gasteiger charge is -2.10. The fraction of sp³-hybridized carbons (Fsp3) is 0.364. The van der Waals surface area contributed by atoms with Gasteiger partial charge in [0.05, 0.1) is 4.92 Å². The summed E-state index contributed by atoms with van der Waals surface area (Å²) < 4.78 is 0. The van der Waals surface area contributed by atoms with Gasteiger partial charge in [-0.25, -0.2) is 0 Å². The summed E-state index contributed by atoms with van der Waals surface area (Å²) in [4.78, 5) is 21.0. The van der Waals surface area contributed by atoms with E-state index in [0.717, 1.165) is 0 Å². The Kier molecular flexibility index (Phi) is 4.17. The Morgan fingerprint density at radius 2 is 2.24 bits per heavy atom. The van der Waals surface area contributed by atoms with Crippen LogP contribution in [-0.2, 0) is 11.3 Å². The minimum atomic E-state index is -0.986. The van der Waals surface area contributed by atoms with Gasteiger partial charge in [0.2, 0.25) is 0 Å². The van der Waals surface area contributed by atoms with Gasteiger partial charge < -0.3 is 10.4 Å². The maximum atomic E-state index is 10.9. The highest BCUT2D eigenvalue weighted by Crippen LogP contribution is 2.22. The minimum absolute atomic E-state index is 0.0394. The zero-order chi connectivity index (χ0) is 13.0. The molecule has 1 rings (SSSR count). The number of aryl methyl sites for hydroxylation is 1. The number of carboxylic acids is 1.